The minimum Gasteiger partial charge on any atom is -0.311 e. The number of amides is 4. The fraction of sp³-hybridized carbons (Fsp3) is 0.231. The molecular formula is C26H21F3N4O5S. The zero-order chi connectivity index (χ0) is 28.2. The molecule has 4 amide bonds. The van der Waals surface area contributed by atoms with Crippen LogP contribution in [0.1, 0.15) is 28.8 Å². The lowest BCUT2D eigenvalue weighted by molar-refractivity contribution is -0.120. The Morgan fingerprint density at radius 2 is 1.67 bits per heavy atom. The predicted octanol–water partition coefficient (Wildman–Crippen LogP) is 4.15. The molecule has 1 spiro atoms. The number of carbonyl (C=O) groups is 3. The van der Waals surface area contributed by atoms with Crippen LogP contribution in [0, 0.1) is 0 Å². The number of imide groups is 1. The summed E-state index contributed by atoms with van der Waals surface area (Å²) in [7, 11) is -3.98. The molecule has 0 radical (unpaired) electrons. The molecule has 0 atom stereocenters. The molecule has 9 nitrogen and oxygen atoms in total. The van der Waals surface area contributed by atoms with Gasteiger partial charge in [0.2, 0.25) is 0 Å². The Kier molecular flexibility index (Phi) is 6.21. The van der Waals surface area contributed by atoms with Gasteiger partial charge >= 0.3 is 11.5 Å². The van der Waals surface area contributed by atoms with E-state index in [-0.39, 0.29) is 23.7 Å². The largest absolute Gasteiger partial charge is 0.501 e. The number of pyridine rings is 1. The molecule has 2 heterocycles. The maximum absolute atomic E-state index is 13.5. The van der Waals surface area contributed by atoms with Gasteiger partial charge in [0, 0.05) is 31.7 Å². The summed E-state index contributed by atoms with van der Waals surface area (Å²) in [5, 5.41) is 0. The molecule has 2 aliphatic rings. The van der Waals surface area contributed by atoms with Gasteiger partial charge in [0.15, 0.2) is 0 Å². The van der Waals surface area contributed by atoms with Crippen molar-refractivity contribution in [2.75, 3.05) is 16.8 Å². The number of anilines is 2. The maximum atomic E-state index is 13.5. The van der Waals surface area contributed by atoms with E-state index >= 15 is 0 Å². The van der Waals surface area contributed by atoms with Crippen molar-refractivity contribution in [2.24, 2.45) is 0 Å². The van der Waals surface area contributed by atoms with Crippen LogP contribution in [0.2, 0.25) is 0 Å². The van der Waals surface area contributed by atoms with E-state index in [2.05, 4.69) is 4.98 Å². The molecule has 1 aromatic heterocycles. The second-order valence-corrected chi connectivity index (χ2v) is 11.2. The Bertz CT molecular complexity index is 1570. The fourth-order valence-electron chi connectivity index (χ4n) is 4.54. The zero-order valence-corrected chi connectivity index (χ0v) is 21.2. The van der Waals surface area contributed by atoms with E-state index in [1.807, 2.05) is 6.07 Å². The Labute approximate surface area is 221 Å². The van der Waals surface area contributed by atoms with Crippen molar-refractivity contribution in [3.8, 4) is 0 Å². The van der Waals surface area contributed by atoms with Crippen molar-refractivity contribution < 1.29 is 36.0 Å². The Hall–Kier alpha value is -4.26. The number of hydrogen-bond acceptors (Lipinski definition) is 6. The average Bonchev–Trinajstić information content (AvgIpc) is 3.70. The first-order valence-corrected chi connectivity index (χ1v) is 13.2. The standard InChI is InChI=1S/C26H21F3N4O5S/c1-31(18-5-3-2-4-6-18)22(34)21-15-30-14-11-17(21)16-32-24(36)33(23(35)25(32)12-13-25)19-7-9-20(10-8-19)39(37,38)26(27,28)29/h2-11,14-15H,12-13,16H2,1H3. The molecule has 2 aromatic carbocycles. The number of halogens is 3. The van der Waals surface area contributed by atoms with Gasteiger partial charge in [-0.3, -0.25) is 14.6 Å². The Morgan fingerprint density at radius 1 is 1.03 bits per heavy atom. The molecule has 3 aromatic rings. The predicted molar refractivity (Wildman–Crippen MR) is 133 cm³/mol. The summed E-state index contributed by atoms with van der Waals surface area (Å²) in [4.78, 5) is 46.8. The summed E-state index contributed by atoms with van der Waals surface area (Å²) in [5.74, 6) is -0.937. The van der Waals surface area contributed by atoms with Crippen LogP contribution in [0.25, 0.3) is 0 Å². The molecule has 1 aliphatic carbocycles. The minimum absolute atomic E-state index is 0.0604. The topological polar surface area (TPSA) is 108 Å². The number of carbonyl (C=O) groups excluding carboxylic acids is 3. The summed E-state index contributed by atoms with van der Waals surface area (Å²) in [6.45, 7) is -0.0895. The summed E-state index contributed by atoms with van der Waals surface area (Å²) >= 11 is 0. The van der Waals surface area contributed by atoms with Gasteiger partial charge in [-0.15, -0.1) is 0 Å². The molecule has 13 heteroatoms. The molecule has 1 saturated heterocycles. The van der Waals surface area contributed by atoms with Crippen LogP contribution in [0.15, 0.2) is 78.0 Å². The number of urea groups is 1. The molecule has 0 unspecified atom stereocenters. The van der Waals surface area contributed by atoms with Crippen LogP contribution in [0.5, 0.6) is 0 Å². The van der Waals surface area contributed by atoms with E-state index in [1.54, 1.807) is 37.4 Å². The highest BCUT2D eigenvalue weighted by Crippen LogP contribution is 2.50. The Morgan fingerprint density at radius 3 is 2.26 bits per heavy atom. The summed E-state index contributed by atoms with van der Waals surface area (Å²) < 4.78 is 62.1. The number of rotatable bonds is 6. The second kappa shape index (κ2) is 9.19. The first-order chi connectivity index (χ1) is 18.4. The molecule has 1 saturated carbocycles. The van der Waals surface area contributed by atoms with E-state index in [1.165, 1.54) is 22.2 Å². The molecule has 202 valence electrons. The fourth-order valence-corrected chi connectivity index (χ4v) is 5.31. The molecule has 39 heavy (non-hydrogen) atoms. The Balaban J connectivity index is 1.43. The van der Waals surface area contributed by atoms with E-state index < -0.39 is 37.7 Å². The summed E-state index contributed by atoms with van der Waals surface area (Å²) in [6.07, 6.45) is 3.59. The lowest BCUT2D eigenvalue weighted by atomic mass is 10.1. The number of alkyl halides is 3. The van der Waals surface area contributed by atoms with Gasteiger partial charge in [0.1, 0.15) is 5.54 Å². The SMILES string of the molecule is CN(C(=O)c1cnccc1CN1C(=O)N(c2ccc(S(=O)(=O)C(F)(F)F)cc2)C(=O)C12CC2)c1ccccc1. The molecule has 0 bridgehead atoms. The highest BCUT2D eigenvalue weighted by molar-refractivity contribution is 7.92. The normalized spacial score (nSPS) is 16.6. The number of benzene rings is 2. The molecule has 2 fully saturated rings. The number of sulfone groups is 1. The van der Waals surface area contributed by atoms with Crippen molar-refractivity contribution in [3.63, 3.8) is 0 Å². The van der Waals surface area contributed by atoms with Crippen LogP contribution >= 0.6 is 0 Å². The highest BCUT2D eigenvalue weighted by atomic mass is 32.2. The smallest absolute Gasteiger partial charge is 0.311 e. The van der Waals surface area contributed by atoms with Crippen LogP contribution in [0.4, 0.5) is 29.3 Å². The van der Waals surface area contributed by atoms with Gasteiger partial charge in [-0.1, -0.05) is 18.2 Å². The molecule has 5 rings (SSSR count). The van der Waals surface area contributed by atoms with Crippen LogP contribution in [-0.4, -0.2) is 54.2 Å². The van der Waals surface area contributed by atoms with Gasteiger partial charge in [0.25, 0.3) is 21.7 Å². The molecular weight excluding hydrogens is 537 g/mol. The lowest BCUT2D eigenvalue weighted by Gasteiger charge is -2.24. The first-order valence-electron chi connectivity index (χ1n) is 11.7. The van der Waals surface area contributed by atoms with Crippen LogP contribution in [-0.2, 0) is 21.2 Å². The molecule has 0 N–H and O–H groups in total. The highest BCUT2D eigenvalue weighted by Gasteiger charge is 2.65. The quantitative estimate of drug-likeness (QED) is 0.421. The van der Waals surface area contributed by atoms with Crippen molar-refractivity contribution in [3.05, 3.63) is 84.2 Å². The monoisotopic (exact) mass is 558 g/mol. The third-order valence-corrected chi connectivity index (χ3v) is 8.39. The second-order valence-electron chi connectivity index (χ2n) is 9.22. The van der Waals surface area contributed by atoms with Gasteiger partial charge < -0.3 is 9.80 Å². The van der Waals surface area contributed by atoms with Crippen molar-refractivity contribution in [1.82, 2.24) is 9.88 Å². The van der Waals surface area contributed by atoms with Crippen molar-refractivity contribution >= 4 is 39.1 Å². The summed E-state index contributed by atoms with van der Waals surface area (Å²) in [5.41, 5.74) is -5.36. The third kappa shape index (κ3) is 4.32. The van der Waals surface area contributed by atoms with E-state index in [0.29, 0.717) is 36.2 Å². The van der Waals surface area contributed by atoms with Gasteiger partial charge in [0.05, 0.1) is 16.1 Å². The lowest BCUT2D eigenvalue weighted by Crippen LogP contribution is -2.37. The van der Waals surface area contributed by atoms with Crippen molar-refractivity contribution in [2.45, 2.75) is 35.3 Å². The number of hydrogen-bond donors (Lipinski definition) is 0. The van der Waals surface area contributed by atoms with Gasteiger partial charge in [-0.2, -0.15) is 13.2 Å². The van der Waals surface area contributed by atoms with E-state index in [0.717, 1.165) is 17.0 Å². The first kappa shape index (κ1) is 26.4. The van der Waals surface area contributed by atoms with E-state index in [4.69, 9.17) is 0 Å². The third-order valence-electron chi connectivity index (χ3n) is 6.89. The van der Waals surface area contributed by atoms with Crippen molar-refractivity contribution in [1.29, 1.82) is 0 Å². The molecule has 1 aliphatic heterocycles. The minimum atomic E-state index is -5.59. The summed E-state index contributed by atoms with van der Waals surface area (Å²) in [6, 6.07) is 13.2. The van der Waals surface area contributed by atoms with Crippen LogP contribution in [0.3, 0.4) is 0 Å². The van der Waals surface area contributed by atoms with Gasteiger partial charge in [-0.05, 0) is 60.9 Å². The van der Waals surface area contributed by atoms with E-state index in [9.17, 15) is 36.0 Å². The average molecular weight is 559 g/mol. The number of para-hydroxylation sites is 1. The van der Waals surface area contributed by atoms with Gasteiger partial charge in [-0.25, -0.2) is 18.1 Å². The maximum Gasteiger partial charge on any atom is 0.501 e. The number of aromatic nitrogens is 1. The zero-order valence-electron chi connectivity index (χ0n) is 20.4. The van der Waals surface area contributed by atoms with Crippen LogP contribution < -0.4 is 9.80 Å². The number of nitrogens with zero attached hydrogens (tertiary/aromatic N) is 4.